The van der Waals surface area contributed by atoms with Gasteiger partial charge in [-0.3, -0.25) is 4.79 Å². The molecule has 1 heterocycles. The molecule has 18 heavy (non-hydrogen) atoms. The third kappa shape index (κ3) is 4.20. The molecule has 1 aromatic rings. The van der Waals surface area contributed by atoms with Crippen LogP contribution >= 0.6 is 0 Å². The van der Waals surface area contributed by atoms with Gasteiger partial charge in [0.25, 0.3) is 0 Å². The fraction of sp³-hybridized carbons (Fsp3) is 0.583. The molecular formula is C12H20N4O2. The van der Waals surface area contributed by atoms with Crippen molar-refractivity contribution in [3.63, 3.8) is 0 Å². The van der Waals surface area contributed by atoms with Crippen molar-refractivity contribution in [2.24, 2.45) is 0 Å². The lowest BCUT2D eigenvalue weighted by Gasteiger charge is -2.18. The molecule has 0 aliphatic rings. The van der Waals surface area contributed by atoms with E-state index in [1.807, 2.05) is 13.8 Å². The number of hydrogen-bond acceptors (Lipinski definition) is 5. The summed E-state index contributed by atoms with van der Waals surface area (Å²) in [5, 5.41) is 3.00. The van der Waals surface area contributed by atoms with Gasteiger partial charge in [-0.05, 0) is 13.8 Å². The van der Waals surface area contributed by atoms with E-state index in [0.717, 1.165) is 13.1 Å². The van der Waals surface area contributed by atoms with Crippen LogP contribution in [0.3, 0.4) is 0 Å². The van der Waals surface area contributed by atoms with Gasteiger partial charge in [0.15, 0.2) is 0 Å². The zero-order valence-corrected chi connectivity index (χ0v) is 11.1. The number of hydrogen-bond donors (Lipinski definition) is 1. The molecule has 0 aliphatic heterocycles. The van der Waals surface area contributed by atoms with Gasteiger partial charge < -0.3 is 15.0 Å². The van der Waals surface area contributed by atoms with Crippen molar-refractivity contribution in [1.82, 2.24) is 14.9 Å². The molecule has 100 valence electrons. The average Bonchev–Trinajstić information content (AvgIpc) is 2.40. The molecule has 1 amide bonds. The highest BCUT2D eigenvalue weighted by molar-refractivity contribution is 5.76. The zero-order chi connectivity index (χ0) is 13.4. The number of anilines is 1. The van der Waals surface area contributed by atoms with Gasteiger partial charge >= 0.3 is 0 Å². The van der Waals surface area contributed by atoms with Crippen molar-refractivity contribution in [2.45, 2.75) is 20.3 Å². The van der Waals surface area contributed by atoms with Crippen molar-refractivity contribution in [3.05, 3.63) is 12.3 Å². The van der Waals surface area contributed by atoms with Gasteiger partial charge in [0.2, 0.25) is 17.7 Å². The van der Waals surface area contributed by atoms with Gasteiger partial charge in [-0.25, -0.2) is 4.98 Å². The second kappa shape index (κ2) is 7.47. The molecule has 0 radical (unpaired) electrons. The van der Waals surface area contributed by atoms with Crippen molar-refractivity contribution in [2.75, 3.05) is 32.1 Å². The van der Waals surface area contributed by atoms with Gasteiger partial charge in [0.1, 0.15) is 0 Å². The van der Waals surface area contributed by atoms with Crippen molar-refractivity contribution >= 4 is 11.9 Å². The van der Waals surface area contributed by atoms with Crippen molar-refractivity contribution < 1.29 is 9.53 Å². The second-order valence-corrected chi connectivity index (χ2v) is 3.67. The molecule has 0 aromatic carbocycles. The Morgan fingerprint density at radius 3 is 2.78 bits per heavy atom. The maximum Gasteiger partial charge on any atom is 0.225 e. The summed E-state index contributed by atoms with van der Waals surface area (Å²) in [5.41, 5.74) is 0. The first-order valence-corrected chi connectivity index (χ1v) is 6.09. The minimum absolute atomic E-state index is 0.135. The van der Waals surface area contributed by atoms with Gasteiger partial charge in [-0.1, -0.05) is 0 Å². The summed E-state index contributed by atoms with van der Waals surface area (Å²) in [7, 11) is 1.55. The number of aromatic nitrogens is 2. The number of rotatable bonds is 7. The number of nitrogens with zero attached hydrogens (tertiary/aromatic N) is 3. The van der Waals surface area contributed by atoms with E-state index >= 15 is 0 Å². The first kappa shape index (κ1) is 14.2. The van der Waals surface area contributed by atoms with E-state index in [9.17, 15) is 4.79 Å². The maximum absolute atomic E-state index is 11.7. The van der Waals surface area contributed by atoms with Crippen LogP contribution in [0.2, 0.25) is 0 Å². The van der Waals surface area contributed by atoms with Gasteiger partial charge in [0.05, 0.1) is 7.11 Å². The van der Waals surface area contributed by atoms with Crippen LogP contribution in [0.4, 0.5) is 5.95 Å². The van der Waals surface area contributed by atoms with E-state index in [1.54, 1.807) is 24.3 Å². The SMILES string of the molecule is CCN(CC)C(=O)CCNc1nccc(OC)n1. The summed E-state index contributed by atoms with van der Waals surface area (Å²) in [6.07, 6.45) is 2.04. The Balaban J connectivity index is 2.39. The van der Waals surface area contributed by atoms with E-state index in [2.05, 4.69) is 15.3 Å². The van der Waals surface area contributed by atoms with Crippen LogP contribution in [-0.2, 0) is 4.79 Å². The Labute approximate surface area is 107 Å². The normalized spacial score (nSPS) is 9.94. The quantitative estimate of drug-likeness (QED) is 0.788. The topological polar surface area (TPSA) is 67.4 Å². The average molecular weight is 252 g/mol. The molecule has 0 unspecified atom stereocenters. The Morgan fingerprint density at radius 2 is 2.17 bits per heavy atom. The molecule has 0 spiro atoms. The minimum Gasteiger partial charge on any atom is -0.481 e. The predicted octanol–water partition coefficient (Wildman–Crippen LogP) is 1.16. The fourth-order valence-corrected chi connectivity index (χ4v) is 1.56. The van der Waals surface area contributed by atoms with Crippen LogP contribution in [0.25, 0.3) is 0 Å². The number of carbonyl (C=O) groups is 1. The molecule has 0 fully saturated rings. The highest BCUT2D eigenvalue weighted by Crippen LogP contribution is 2.07. The summed E-state index contributed by atoms with van der Waals surface area (Å²) in [6, 6.07) is 1.67. The Hall–Kier alpha value is -1.85. The standard InChI is InChI=1S/C12H20N4O2/c1-4-16(5-2)11(17)7-9-14-12-13-8-6-10(15-12)18-3/h6,8H,4-5,7,9H2,1-3H3,(H,13,14,15). The lowest BCUT2D eigenvalue weighted by Crippen LogP contribution is -2.31. The van der Waals surface area contributed by atoms with Gasteiger partial charge in [-0.15, -0.1) is 0 Å². The second-order valence-electron chi connectivity index (χ2n) is 3.67. The van der Waals surface area contributed by atoms with Crippen molar-refractivity contribution in [1.29, 1.82) is 0 Å². The summed E-state index contributed by atoms with van der Waals surface area (Å²) < 4.78 is 4.99. The number of carbonyl (C=O) groups excluding carboxylic acids is 1. The van der Waals surface area contributed by atoms with E-state index in [0.29, 0.717) is 24.8 Å². The largest absolute Gasteiger partial charge is 0.481 e. The molecule has 1 rings (SSSR count). The molecule has 0 bridgehead atoms. The summed E-state index contributed by atoms with van der Waals surface area (Å²) >= 11 is 0. The van der Waals surface area contributed by atoms with E-state index in [-0.39, 0.29) is 5.91 Å². The smallest absolute Gasteiger partial charge is 0.225 e. The number of ether oxygens (including phenoxy) is 1. The molecule has 6 heteroatoms. The molecule has 0 saturated carbocycles. The Kier molecular flexibility index (Phi) is 5.90. The van der Waals surface area contributed by atoms with E-state index < -0.39 is 0 Å². The summed E-state index contributed by atoms with van der Waals surface area (Å²) in [6.45, 7) is 5.94. The van der Waals surface area contributed by atoms with Crippen LogP contribution in [0.15, 0.2) is 12.3 Å². The first-order chi connectivity index (χ1) is 8.71. The van der Waals surface area contributed by atoms with Crippen LogP contribution in [0.1, 0.15) is 20.3 Å². The van der Waals surface area contributed by atoms with Crippen LogP contribution in [0, 0.1) is 0 Å². The molecule has 0 saturated heterocycles. The van der Waals surface area contributed by atoms with Gasteiger partial charge in [-0.2, -0.15) is 4.98 Å². The van der Waals surface area contributed by atoms with E-state index in [1.165, 1.54) is 0 Å². The van der Waals surface area contributed by atoms with Gasteiger partial charge in [0, 0.05) is 38.3 Å². The zero-order valence-electron chi connectivity index (χ0n) is 11.1. The fourth-order valence-electron chi connectivity index (χ4n) is 1.56. The molecule has 1 N–H and O–H groups in total. The van der Waals surface area contributed by atoms with Crippen molar-refractivity contribution in [3.8, 4) is 5.88 Å². The molecule has 1 aromatic heterocycles. The highest BCUT2D eigenvalue weighted by Gasteiger charge is 2.08. The molecule has 6 nitrogen and oxygen atoms in total. The lowest BCUT2D eigenvalue weighted by atomic mass is 10.3. The van der Waals surface area contributed by atoms with Crippen LogP contribution < -0.4 is 10.1 Å². The number of methoxy groups -OCH3 is 1. The molecule has 0 aliphatic carbocycles. The number of amides is 1. The Bertz CT molecular complexity index is 380. The summed E-state index contributed by atoms with van der Waals surface area (Å²) in [4.78, 5) is 21.7. The first-order valence-electron chi connectivity index (χ1n) is 6.09. The minimum atomic E-state index is 0.135. The molecule has 0 atom stereocenters. The number of nitrogens with one attached hydrogen (secondary N) is 1. The predicted molar refractivity (Wildman–Crippen MR) is 69.6 cm³/mol. The monoisotopic (exact) mass is 252 g/mol. The van der Waals surface area contributed by atoms with Crippen LogP contribution in [-0.4, -0.2) is 47.5 Å². The third-order valence-electron chi connectivity index (χ3n) is 2.58. The molecular weight excluding hydrogens is 232 g/mol. The maximum atomic E-state index is 11.7. The highest BCUT2D eigenvalue weighted by atomic mass is 16.5. The third-order valence-corrected chi connectivity index (χ3v) is 2.58. The van der Waals surface area contributed by atoms with Crippen LogP contribution in [0.5, 0.6) is 5.88 Å². The van der Waals surface area contributed by atoms with E-state index in [4.69, 9.17) is 4.74 Å². The lowest BCUT2D eigenvalue weighted by molar-refractivity contribution is -0.130. The summed E-state index contributed by atoms with van der Waals surface area (Å²) in [5.74, 6) is 1.11. The Morgan fingerprint density at radius 1 is 1.44 bits per heavy atom.